The Kier molecular flexibility index (Phi) is 3.30. The maximum absolute atomic E-state index is 11.6. The summed E-state index contributed by atoms with van der Waals surface area (Å²) in [5.74, 6) is -0.807. The first-order valence-electron chi connectivity index (χ1n) is 7.59. The molecule has 2 N–H and O–H groups in total. The second-order valence-corrected chi connectivity index (χ2v) is 5.79. The quantitative estimate of drug-likeness (QED) is 0.630. The fraction of sp³-hybridized carbons (Fsp3) is 0.0556. The van der Waals surface area contributed by atoms with Crippen LogP contribution in [0.4, 0.5) is 5.69 Å². The summed E-state index contributed by atoms with van der Waals surface area (Å²) >= 11 is 0. The molecule has 0 radical (unpaired) electrons. The van der Waals surface area contributed by atoms with Crippen LogP contribution in [0.25, 0.3) is 6.08 Å². The van der Waals surface area contributed by atoms with Gasteiger partial charge < -0.3 is 10.5 Å². The molecular weight excluding hydrogens is 336 g/mol. The molecule has 1 atom stereocenters. The van der Waals surface area contributed by atoms with Crippen LogP contribution >= 0.6 is 0 Å². The van der Waals surface area contributed by atoms with Gasteiger partial charge in [0.2, 0.25) is 5.88 Å². The number of nitro groups is 1. The molecule has 0 aromatic heterocycles. The summed E-state index contributed by atoms with van der Waals surface area (Å²) in [6, 6.07) is 11.4. The minimum absolute atomic E-state index is 0.0932. The standard InChI is InChI=1S/C18H10N4O4/c19-8-13-16(9-2-1-3-10(6-9)22(24)25)11-4-5-14-12(7-15(23)21-14)17(11)26-18(13)20/h1-7,16H,20H2. The molecule has 0 saturated carbocycles. The summed E-state index contributed by atoms with van der Waals surface area (Å²) in [5.41, 5.74) is 7.11. The van der Waals surface area contributed by atoms with Crippen molar-refractivity contribution < 1.29 is 14.5 Å². The summed E-state index contributed by atoms with van der Waals surface area (Å²) in [5, 5.41) is 21.6. The molecule has 8 nitrogen and oxygen atoms in total. The number of fused-ring (bicyclic) bond motifs is 3. The molecule has 0 bridgehead atoms. The van der Waals surface area contributed by atoms with Crippen LogP contribution < -0.4 is 21.0 Å². The number of rotatable bonds is 2. The average molecular weight is 346 g/mol. The van der Waals surface area contributed by atoms with Crippen molar-refractivity contribution >= 4 is 17.7 Å². The van der Waals surface area contributed by atoms with Crippen molar-refractivity contribution in [1.82, 2.24) is 0 Å². The van der Waals surface area contributed by atoms with Crippen molar-refractivity contribution in [3.05, 3.63) is 79.7 Å². The number of hydrogen-bond acceptors (Lipinski definition) is 6. The lowest BCUT2D eigenvalue weighted by atomic mass is 9.83. The van der Waals surface area contributed by atoms with Crippen molar-refractivity contribution in [2.24, 2.45) is 10.7 Å². The predicted octanol–water partition coefficient (Wildman–Crippen LogP) is 0.753. The average Bonchev–Trinajstić information content (AvgIpc) is 3.01. The Balaban J connectivity index is 2.00. The maximum Gasteiger partial charge on any atom is 0.271 e. The molecule has 2 aromatic rings. The number of nitrogens with two attached hydrogens (primary N) is 1. The molecule has 126 valence electrons. The van der Waals surface area contributed by atoms with Crippen LogP contribution in [-0.2, 0) is 4.79 Å². The number of amides is 1. The first-order chi connectivity index (χ1) is 12.5. The highest BCUT2D eigenvalue weighted by molar-refractivity contribution is 6.06. The molecule has 1 unspecified atom stereocenters. The van der Waals surface area contributed by atoms with Crippen molar-refractivity contribution in [1.29, 1.82) is 5.26 Å². The van der Waals surface area contributed by atoms with Crippen LogP contribution in [0.5, 0.6) is 5.75 Å². The maximum atomic E-state index is 11.6. The molecule has 0 fully saturated rings. The van der Waals surface area contributed by atoms with E-state index in [-0.39, 0.29) is 17.1 Å². The van der Waals surface area contributed by atoms with Crippen molar-refractivity contribution in [3.63, 3.8) is 0 Å². The number of benzene rings is 2. The molecule has 0 spiro atoms. The van der Waals surface area contributed by atoms with Gasteiger partial charge in [-0.3, -0.25) is 14.9 Å². The number of non-ortho nitro benzene ring substituents is 1. The Hall–Kier alpha value is -3.99. The molecule has 1 amide bonds. The number of hydrogen-bond donors (Lipinski definition) is 1. The lowest BCUT2D eigenvalue weighted by Gasteiger charge is -2.26. The molecule has 2 aliphatic rings. The molecule has 0 saturated heterocycles. The van der Waals surface area contributed by atoms with E-state index in [1.165, 1.54) is 18.2 Å². The highest BCUT2D eigenvalue weighted by Crippen LogP contribution is 2.40. The Bertz CT molecular complexity index is 1190. The van der Waals surface area contributed by atoms with Gasteiger partial charge in [0, 0.05) is 29.0 Å². The van der Waals surface area contributed by atoms with Gasteiger partial charge in [0.1, 0.15) is 17.4 Å². The fourth-order valence-corrected chi connectivity index (χ4v) is 3.21. The van der Waals surface area contributed by atoms with Gasteiger partial charge in [-0.2, -0.15) is 5.26 Å². The summed E-state index contributed by atoms with van der Waals surface area (Å²) in [6.45, 7) is 0. The van der Waals surface area contributed by atoms with Gasteiger partial charge in [-0.15, -0.1) is 0 Å². The lowest BCUT2D eigenvalue weighted by molar-refractivity contribution is -0.384. The summed E-state index contributed by atoms with van der Waals surface area (Å²) in [4.78, 5) is 26.1. The molecule has 4 rings (SSSR count). The molecule has 2 aromatic carbocycles. The third kappa shape index (κ3) is 2.22. The largest absolute Gasteiger partial charge is 0.439 e. The first kappa shape index (κ1) is 15.5. The smallest absolute Gasteiger partial charge is 0.271 e. The zero-order chi connectivity index (χ0) is 18.4. The number of nitrogens with zero attached hydrogens (tertiary/aromatic N) is 3. The summed E-state index contributed by atoms with van der Waals surface area (Å²) in [6.07, 6.45) is 1.34. The molecule has 26 heavy (non-hydrogen) atoms. The van der Waals surface area contributed by atoms with Gasteiger partial charge in [0.05, 0.1) is 16.2 Å². The van der Waals surface area contributed by atoms with E-state index >= 15 is 0 Å². The zero-order valence-corrected chi connectivity index (χ0v) is 13.2. The fourth-order valence-electron chi connectivity index (χ4n) is 3.21. The summed E-state index contributed by atoms with van der Waals surface area (Å²) in [7, 11) is 0. The number of carbonyl (C=O) groups excluding carboxylic acids is 1. The molecule has 2 aliphatic heterocycles. The van der Waals surface area contributed by atoms with Crippen LogP contribution in [0.15, 0.2) is 52.8 Å². The normalized spacial score (nSPS) is 17.3. The molecule has 8 heteroatoms. The van der Waals surface area contributed by atoms with Crippen LogP contribution in [0.2, 0.25) is 0 Å². The van der Waals surface area contributed by atoms with Crippen molar-refractivity contribution in [2.75, 3.05) is 0 Å². The van der Waals surface area contributed by atoms with E-state index in [0.29, 0.717) is 27.5 Å². The van der Waals surface area contributed by atoms with Crippen LogP contribution in [-0.4, -0.2) is 10.8 Å². The third-order valence-corrected chi connectivity index (χ3v) is 4.31. The van der Waals surface area contributed by atoms with Gasteiger partial charge in [-0.05, 0) is 11.6 Å². The topological polar surface area (TPSA) is 132 Å². The van der Waals surface area contributed by atoms with E-state index in [0.717, 1.165) is 0 Å². The van der Waals surface area contributed by atoms with Crippen molar-refractivity contribution in [2.45, 2.75) is 5.92 Å². The number of carbonyl (C=O) groups is 1. The number of nitriles is 1. The van der Waals surface area contributed by atoms with E-state index in [1.807, 2.05) is 6.07 Å². The Labute approximate surface area is 146 Å². The Morgan fingerprint density at radius 2 is 2.12 bits per heavy atom. The SMILES string of the molecule is N#CC1=C(N)Oc2c(ccc3c2=CC(=O)N=3)C1c1cccc([N+](=O)[O-])c1. The monoisotopic (exact) mass is 346 g/mol. The second-order valence-electron chi connectivity index (χ2n) is 5.79. The minimum atomic E-state index is -0.641. The summed E-state index contributed by atoms with van der Waals surface area (Å²) < 4.78 is 5.61. The number of ether oxygens (including phenoxy) is 1. The molecule has 2 heterocycles. The van der Waals surface area contributed by atoms with Crippen LogP contribution in [0, 0.1) is 21.4 Å². The number of nitro benzene ring substituents is 1. The second kappa shape index (κ2) is 5.53. The van der Waals surface area contributed by atoms with Gasteiger partial charge >= 0.3 is 0 Å². The Morgan fingerprint density at radius 3 is 2.85 bits per heavy atom. The molecular formula is C18H10N4O4. The van der Waals surface area contributed by atoms with E-state index in [9.17, 15) is 20.2 Å². The third-order valence-electron chi connectivity index (χ3n) is 4.31. The predicted molar refractivity (Wildman–Crippen MR) is 89.1 cm³/mol. The Morgan fingerprint density at radius 1 is 1.31 bits per heavy atom. The van der Waals surface area contributed by atoms with Gasteiger partial charge in [-0.25, -0.2) is 4.99 Å². The van der Waals surface area contributed by atoms with Gasteiger partial charge in [0.15, 0.2) is 0 Å². The van der Waals surface area contributed by atoms with Crippen LogP contribution in [0.1, 0.15) is 17.0 Å². The lowest BCUT2D eigenvalue weighted by Crippen LogP contribution is -2.31. The van der Waals surface area contributed by atoms with E-state index in [4.69, 9.17) is 10.5 Å². The highest BCUT2D eigenvalue weighted by atomic mass is 16.6. The van der Waals surface area contributed by atoms with E-state index in [2.05, 4.69) is 4.99 Å². The molecule has 0 aliphatic carbocycles. The van der Waals surface area contributed by atoms with Crippen LogP contribution in [0.3, 0.4) is 0 Å². The first-order valence-corrected chi connectivity index (χ1v) is 7.59. The van der Waals surface area contributed by atoms with Crippen molar-refractivity contribution in [3.8, 4) is 11.8 Å². The van der Waals surface area contributed by atoms with E-state index < -0.39 is 16.7 Å². The zero-order valence-electron chi connectivity index (χ0n) is 13.2. The number of allylic oxidation sites excluding steroid dienone is 1. The highest BCUT2D eigenvalue weighted by Gasteiger charge is 2.32. The van der Waals surface area contributed by atoms with Gasteiger partial charge in [0.25, 0.3) is 11.6 Å². The minimum Gasteiger partial charge on any atom is -0.439 e. The van der Waals surface area contributed by atoms with Gasteiger partial charge in [-0.1, -0.05) is 18.2 Å². The van der Waals surface area contributed by atoms with E-state index in [1.54, 1.807) is 24.3 Å².